The second-order valence-corrected chi connectivity index (χ2v) is 5.63. The van der Waals surface area contributed by atoms with Gasteiger partial charge in [-0.1, -0.05) is 0 Å². The van der Waals surface area contributed by atoms with E-state index in [1.165, 1.54) is 0 Å². The number of hydrogen-bond donors (Lipinski definition) is 1. The largest absolute Gasteiger partial charge is 0.385 e. The smallest absolute Gasteiger partial charge is 0.0762 e. The Morgan fingerprint density at radius 1 is 1.26 bits per heavy atom. The Kier molecular flexibility index (Phi) is 7.05. The lowest BCUT2D eigenvalue weighted by Gasteiger charge is -2.19. The van der Waals surface area contributed by atoms with Gasteiger partial charge >= 0.3 is 0 Å². The standard InChI is InChI=1S/C14H27N3O2/c1-14(2,3)15-12-13-6-7-17(16-13)8-11-19-10-5-9-18-4/h6-7,15H,5,8-12H2,1-4H3. The van der Waals surface area contributed by atoms with Crippen molar-refractivity contribution in [3.63, 3.8) is 0 Å². The summed E-state index contributed by atoms with van der Waals surface area (Å²) in [5.74, 6) is 0. The van der Waals surface area contributed by atoms with E-state index in [-0.39, 0.29) is 5.54 Å². The predicted octanol–water partition coefficient (Wildman–Crippen LogP) is 1.82. The molecule has 0 spiro atoms. The number of rotatable bonds is 9. The molecule has 1 rings (SSSR count). The Morgan fingerprint density at radius 3 is 2.74 bits per heavy atom. The number of methoxy groups -OCH3 is 1. The molecule has 1 heterocycles. The van der Waals surface area contributed by atoms with Gasteiger partial charge in [0.25, 0.3) is 0 Å². The first-order valence-electron chi connectivity index (χ1n) is 6.85. The van der Waals surface area contributed by atoms with Crippen LogP contribution in [0.2, 0.25) is 0 Å². The minimum Gasteiger partial charge on any atom is -0.385 e. The average Bonchev–Trinajstić information content (AvgIpc) is 2.78. The van der Waals surface area contributed by atoms with Crippen molar-refractivity contribution in [2.75, 3.05) is 26.9 Å². The van der Waals surface area contributed by atoms with Crippen LogP contribution >= 0.6 is 0 Å². The molecule has 1 aromatic heterocycles. The van der Waals surface area contributed by atoms with Crippen molar-refractivity contribution in [3.05, 3.63) is 18.0 Å². The van der Waals surface area contributed by atoms with Gasteiger partial charge < -0.3 is 14.8 Å². The maximum atomic E-state index is 5.51. The van der Waals surface area contributed by atoms with Crippen molar-refractivity contribution in [1.29, 1.82) is 0 Å². The third-order valence-corrected chi connectivity index (χ3v) is 2.60. The normalized spacial score (nSPS) is 12.0. The van der Waals surface area contributed by atoms with E-state index in [4.69, 9.17) is 9.47 Å². The van der Waals surface area contributed by atoms with Crippen LogP contribution in [0, 0.1) is 0 Å². The summed E-state index contributed by atoms with van der Waals surface area (Å²) in [4.78, 5) is 0. The number of nitrogens with zero attached hydrogens (tertiary/aromatic N) is 2. The first-order chi connectivity index (χ1) is 9.01. The van der Waals surface area contributed by atoms with Crippen LogP contribution in [0.4, 0.5) is 0 Å². The molecule has 110 valence electrons. The monoisotopic (exact) mass is 269 g/mol. The molecule has 1 aromatic rings. The van der Waals surface area contributed by atoms with Crippen LogP contribution in [0.1, 0.15) is 32.9 Å². The van der Waals surface area contributed by atoms with Crippen molar-refractivity contribution in [1.82, 2.24) is 15.1 Å². The van der Waals surface area contributed by atoms with E-state index in [1.807, 2.05) is 16.9 Å². The molecule has 0 aliphatic heterocycles. The minimum atomic E-state index is 0.119. The Hall–Kier alpha value is -0.910. The highest BCUT2D eigenvalue weighted by Crippen LogP contribution is 2.02. The highest BCUT2D eigenvalue weighted by atomic mass is 16.5. The fourth-order valence-corrected chi connectivity index (χ4v) is 1.54. The van der Waals surface area contributed by atoms with E-state index in [0.717, 1.165) is 38.4 Å². The van der Waals surface area contributed by atoms with Crippen molar-refractivity contribution < 1.29 is 9.47 Å². The summed E-state index contributed by atoms with van der Waals surface area (Å²) in [7, 11) is 1.71. The van der Waals surface area contributed by atoms with Gasteiger partial charge in [-0.15, -0.1) is 0 Å². The first-order valence-corrected chi connectivity index (χ1v) is 6.85. The molecule has 0 aromatic carbocycles. The summed E-state index contributed by atoms with van der Waals surface area (Å²) in [5, 5.41) is 7.92. The van der Waals surface area contributed by atoms with Gasteiger partial charge in [-0.25, -0.2) is 0 Å². The van der Waals surface area contributed by atoms with Gasteiger partial charge in [0.15, 0.2) is 0 Å². The van der Waals surface area contributed by atoms with Gasteiger partial charge in [0, 0.05) is 38.6 Å². The van der Waals surface area contributed by atoms with Crippen molar-refractivity contribution in [3.8, 4) is 0 Å². The highest BCUT2D eigenvalue weighted by Gasteiger charge is 2.09. The quantitative estimate of drug-likeness (QED) is 0.695. The molecule has 0 bridgehead atoms. The number of hydrogen-bond acceptors (Lipinski definition) is 4. The summed E-state index contributed by atoms with van der Waals surface area (Å²) >= 11 is 0. The Balaban J connectivity index is 2.16. The SMILES string of the molecule is COCCCOCCn1ccc(CNC(C)(C)C)n1. The van der Waals surface area contributed by atoms with E-state index in [0.29, 0.717) is 6.61 Å². The van der Waals surface area contributed by atoms with E-state index in [9.17, 15) is 0 Å². The van der Waals surface area contributed by atoms with Gasteiger partial charge in [-0.2, -0.15) is 5.10 Å². The van der Waals surface area contributed by atoms with Crippen LogP contribution in [-0.2, 0) is 22.6 Å². The Morgan fingerprint density at radius 2 is 2.05 bits per heavy atom. The maximum Gasteiger partial charge on any atom is 0.0762 e. The summed E-state index contributed by atoms with van der Waals surface area (Å²) in [6.45, 7) is 10.2. The van der Waals surface area contributed by atoms with Crippen LogP contribution in [0.5, 0.6) is 0 Å². The van der Waals surface area contributed by atoms with Crippen molar-refractivity contribution in [2.24, 2.45) is 0 Å². The summed E-state index contributed by atoms with van der Waals surface area (Å²) in [6.07, 6.45) is 2.94. The molecule has 5 heteroatoms. The summed E-state index contributed by atoms with van der Waals surface area (Å²) < 4.78 is 12.4. The second kappa shape index (κ2) is 8.30. The average molecular weight is 269 g/mol. The molecule has 5 nitrogen and oxygen atoms in total. The minimum absolute atomic E-state index is 0.119. The van der Waals surface area contributed by atoms with E-state index in [2.05, 4.69) is 31.2 Å². The molecule has 0 aliphatic rings. The highest BCUT2D eigenvalue weighted by molar-refractivity contribution is 4.99. The number of aromatic nitrogens is 2. The number of nitrogens with one attached hydrogen (secondary N) is 1. The maximum absolute atomic E-state index is 5.51. The van der Waals surface area contributed by atoms with Gasteiger partial charge in [0.1, 0.15) is 0 Å². The van der Waals surface area contributed by atoms with Crippen LogP contribution in [-0.4, -0.2) is 42.2 Å². The lowest BCUT2D eigenvalue weighted by molar-refractivity contribution is 0.0960. The van der Waals surface area contributed by atoms with Gasteiger partial charge in [0.2, 0.25) is 0 Å². The van der Waals surface area contributed by atoms with Crippen molar-refractivity contribution in [2.45, 2.75) is 45.8 Å². The molecular weight excluding hydrogens is 242 g/mol. The van der Waals surface area contributed by atoms with Crippen LogP contribution in [0.3, 0.4) is 0 Å². The number of ether oxygens (including phenoxy) is 2. The van der Waals surface area contributed by atoms with Gasteiger partial charge in [0.05, 0.1) is 18.8 Å². The Labute approximate surface area is 116 Å². The molecule has 0 saturated heterocycles. The van der Waals surface area contributed by atoms with E-state index < -0.39 is 0 Å². The second-order valence-electron chi connectivity index (χ2n) is 5.63. The van der Waals surface area contributed by atoms with E-state index in [1.54, 1.807) is 7.11 Å². The molecule has 0 fully saturated rings. The molecule has 1 N–H and O–H groups in total. The molecule has 0 amide bonds. The zero-order chi connectivity index (χ0) is 14.1. The van der Waals surface area contributed by atoms with Crippen molar-refractivity contribution >= 4 is 0 Å². The molecule has 0 atom stereocenters. The molecule has 0 unspecified atom stereocenters. The van der Waals surface area contributed by atoms with E-state index >= 15 is 0 Å². The molecule has 0 aliphatic carbocycles. The topological polar surface area (TPSA) is 48.3 Å². The first kappa shape index (κ1) is 16.1. The molecule has 0 radical (unpaired) electrons. The van der Waals surface area contributed by atoms with Crippen LogP contribution in [0.15, 0.2) is 12.3 Å². The van der Waals surface area contributed by atoms with Crippen LogP contribution < -0.4 is 5.32 Å². The molecule has 0 saturated carbocycles. The lowest BCUT2D eigenvalue weighted by atomic mass is 10.1. The third-order valence-electron chi connectivity index (χ3n) is 2.60. The lowest BCUT2D eigenvalue weighted by Crippen LogP contribution is -2.35. The predicted molar refractivity (Wildman–Crippen MR) is 76.1 cm³/mol. The third kappa shape index (κ3) is 7.97. The van der Waals surface area contributed by atoms with Crippen LogP contribution in [0.25, 0.3) is 0 Å². The zero-order valence-corrected chi connectivity index (χ0v) is 12.6. The fraction of sp³-hybridized carbons (Fsp3) is 0.786. The Bertz CT molecular complexity index is 345. The van der Waals surface area contributed by atoms with Gasteiger partial charge in [-0.05, 0) is 33.3 Å². The molecule has 19 heavy (non-hydrogen) atoms. The summed E-state index contributed by atoms with van der Waals surface area (Å²) in [5.41, 5.74) is 1.18. The fourth-order valence-electron chi connectivity index (χ4n) is 1.54. The summed E-state index contributed by atoms with van der Waals surface area (Å²) in [6, 6.07) is 2.05. The van der Waals surface area contributed by atoms with Gasteiger partial charge in [-0.3, -0.25) is 4.68 Å². The molecular formula is C14H27N3O2. The zero-order valence-electron chi connectivity index (χ0n) is 12.6.